The SMILES string of the molecule is CC1=CC(=O)NC1=O.O=C(O)C=CC(=O)O. The van der Waals surface area contributed by atoms with Crippen molar-refractivity contribution < 1.29 is 29.4 Å². The van der Waals surface area contributed by atoms with E-state index in [9.17, 15) is 19.2 Å². The van der Waals surface area contributed by atoms with Gasteiger partial charge in [0.1, 0.15) is 0 Å². The molecule has 0 atom stereocenters. The number of amides is 2. The molecule has 2 amide bonds. The Hall–Kier alpha value is -2.44. The van der Waals surface area contributed by atoms with Crippen LogP contribution in [0, 0.1) is 0 Å². The minimum Gasteiger partial charge on any atom is -0.478 e. The molecule has 1 rings (SSSR count). The highest BCUT2D eigenvalue weighted by molar-refractivity contribution is 6.15. The first kappa shape index (κ1) is 13.6. The Kier molecular flexibility index (Phi) is 5.19. The van der Waals surface area contributed by atoms with Crippen LogP contribution >= 0.6 is 0 Å². The summed E-state index contributed by atoms with van der Waals surface area (Å²) in [6, 6.07) is 0. The molecule has 0 bridgehead atoms. The van der Waals surface area contributed by atoms with E-state index in [2.05, 4.69) is 5.32 Å². The number of imide groups is 1. The van der Waals surface area contributed by atoms with E-state index in [0.717, 1.165) is 0 Å². The van der Waals surface area contributed by atoms with Crippen LogP contribution in [-0.2, 0) is 19.2 Å². The first-order valence-electron chi connectivity index (χ1n) is 4.00. The average Bonchev–Trinajstić information content (AvgIpc) is 2.42. The highest BCUT2D eigenvalue weighted by atomic mass is 16.4. The second kappa shape index (κ2) is 6.12. The molecule has 3 N–H and O–H groups in total. The number of carbonyl (C=O) groups excluding carboxylic acids is 2. The smallest absolute Gasteiger partial charge is 0.328 e. The lowest BCUT2D eigenvalue weighted by atomic mass is 10.3. The van der Waals surface area contributed by atoms with Crippen LogP contribution in [0.4, 0.5) is 0 Å². The maximum absolute atomic E-state index is 10.4. The summed E-state index contributed by atoms with van der Waals surface area (Å²) in [5.41, 5.74) is 0.481. The third-order valence-electron chi connectivity index (χ3n) is 1.31. The molecule has 1 aliphatic rings. The number of rotatable bonds is 2. The van der Waals surface area contributed by atoms with Crippen LogP contribution in [0.15, 0.2) is 23.8 Å². The molecular formula is C9H9NO6. The topological polar surface area (TPSA) is 121 Å². The molecule has 0 radical (unpaired) electrons. The molecule has 0 aromatic heterocycles. The molecule has 7 heteroatoms. The summed E-state index contributed by atoms with van der Waals surface area (Å²) in [4.78, 5) is 39.7. The first-order chi connectivity index (χ1) is 7.32. The number of carboxylic acids is 2. The molecule has 1 aliphatic heterocycles. The van der Waals surface area contributed by atoms with Crippen molar-refractivity contribution in [2.45, 2.75) is 6.92 Å². The summed E-state index contributed by atoms with van der Waals surface area (Å²) in [5.74, 6) is -3.11. The summed E-state index contributed by atoms with van der Waals surface area (Å²) in [6.07, 6.45) is 2.40. The highest BCUT2D eigenvalue weighted by Gasteiger charge is 2.15. The van der Waals surface area contributed by atoms with Crippen molar-refractivity contribution in [1.82, 2.24) is 5.32 Å². The molecule has 1 heterocycles. The van der Waals surface area contributed by atoms with Crippen LogP contribution in [0.2, 0.25) is 0 Å². The van der Waals surface area contributed by atoms with Gasteiger partial charge in [-0.1, -0.05) is 0 Å². The van der Waals surface area contributed by atoms with Crippen molar-refractivity contribution in [3.63, 3.8) is 0 Å². The number of hydrogen-bond donors (Lipinski definition) is 3. The van der Waals surface area contributed by atoms with Crippen molar-refractivity contribution in [2.75, 3.05) is 0 Å². The molecule has 0 aromatic rings. The predicted octanol–water partition coefficient (Wildman–Crippen LogP) is -0.699. The molecule has 0 saturated carbocycles. The molecule has 0 aromatic carbocycles. The largest absolute Gasteiger partial charge is 0.478 e. The van der Waals surface area contributed by atoms with Gasteiger partial charge in [0.2, 0.25) is 0 Å². The van der Waals surface area contributed by atoms with Crippen molar-refractivity contribution in [3.05, 3.63) is 23.8 Å². The van der Waals surface area contributed by atoms with E-state index in [1.165, 1.54) is 6.08 Å². The van der Waals surface area contributed by atoms with Crippen molar-refractivity contribution in [1.29, 1.82) is 0 Å². The molecule has 0 aliphatic carbocycles. The maximum atomic E-state index is 10.4. The summed E-state index contributed by atoms with van der Waals surface area (Å²) < 4.78 is 0. The minimum absolute atomic E-state index is 0.282. The number of nitrogens with one attached hydrogen (secondary N) is 1. The van der Waals surface area contributed by atoms with Gasteiger partial charge in [-0.15, -0.1) is 0 Å². The van der Waals surface area contributed by atoms with E-state index in [1.807, 2.05) is 0 Å². The fourth-order valence-corrected chi connectivity index (χ4v) is 0.651. The monoisotopic (exact) mass is 227 g/mol. The Balaban J connectivity index is 0.000000281. The Morgan fingerprint density at radius 1 is 1.19 bits per heavy atom. The van der Waals surface area contributed by atoms with Crippen LogP contribution in [0.25, 0.3) is 0 Å². The van der Waals surface area contributed by atoms with E-state index >= 15 is 0 Å². The standard InChI is InChI=1S/C5H5NO2.C4H4O4/c1-3-2-4(7)6-5(3)8;5-3(6)1-2-4(7)8/h2H,1H3,(H,6,7,8);1-2H,(H,5,6)(H,7,8). The van der Waals surface area contributed by atoms with Gasteiger partial charge in [0, 0.05) is 23.8 Å². The van der Waals surface area contributed by atoms with E-state index in [4.69, 9.17) is 10.2 Å². The van der Waals surface area contributed by atoms with Gasteiger partial charge in [0.05, 0.1) is 0 Å². The lowest BCUT2D eigenvalue weighted by molar-refractivity contribution is -0.134. The molecule has 0 unspecified atom stereocenters. The number of aliphatic carboxylic acids is 2. The van der Waals surface area contributed by atoms with Crippen LogP contribution < -0.4 is 5.32 Å². The van der Waals surface area contributed by atoms with E-state index in [-0.39, 0.29) is 11.8 Å². The van der Waals surface area contributed by atoms with Crippen molar-refractivity contribution in [3.8, 4) is 0 Å². The fraction of sp³-hybridized carbons (Fsp3) is 0.111. The van der Waals surface area contributed by atoms with E-state index < -0.39 is 11.9 Å². The van der Waals surface area contributed by atoms with Gasteiger partial charge in [-0.25, -0.2) is 9.59 Å². The maximum Gasteiger partial charge on any atom is 0.328 e. The van der Waals surface area contributed by atoms with Gasteiger partial charge in [0.15, 0.2) is 0 Å². The minimum atomic E-state index is -1.26. The molecule has 7 nitrogen and oxygen atoms in total. The Morgan fingerprint density at radius 2 is 1.62 bits per heavy atom. The third-order valence-corrected chi connectivity index (χ3v) is 1.31. The van der Waals surface area contributed by atoms with Crippen LogP contribution in [0.1, 0.15) is 6.92 Å². The van der Waals surface area contributed by atoms with Crippen molar-refractivity contribution >= 4 is 23.8 Å². The average molecular weight is 227 g/mol. The second-order valence-electron chi connectivity index (χ2n) is 2.66. The van der Waals surface area contributed by atoms with Gasteiger partial charge in [0.25, 0.3) is 11.8 Å². The van der Waals surface area contributed by atoms with Gasteiger partial charge in [-0.3, -0.25) is 14.9 Å². The van der Waals surface area contributed by atoms with Crippen LogP contribution in [-0.4, -0.2) is 34.0 Å². The molecule has 0 saturated heterocycles. The molecule has 0 fully saturated rings. The number of carboxylic acid groups (broad SMARTS) is 2. The van der Waals surface area contributed by atoms with Crippen LogP contribution in [0.3, 0.4) is 0 Å². The summed E-state index contributed by atoms with van der Waals surface area (Å²) in [6.45, 7) is 1.60. The Morgan fingerprint density at radius 3 is 1.75 bits per heavy atom. The Bertz CT molecular complexity index is 377. The first-order valence-corrected chi connectivity index (χ1v) is 4.00. The van der Waals surface area contributed by atoms with Crippen molar-refractivity contribution in [2.24, 2.45) is 0 Å². The van der Waals surface area contributed by atoms with E-state index in [0.29, 0.717) is 17.7 Å². The van der Waals surface area contributed by atoms with Crippen LogP contribution in [0.5, 0.6) is 0 Å². The van der Waals surface area contributed by atoms with Gasteiger partial charge < -0.3 is 10.2 Å². The fourth-order valence-electron chi connectivity index (χ4n) is 0.651. The quantitative estimate of drug-likeness (QED) is 0.423. The zero-order chi connectivity index (χ0) is 12.7. The molecular weight excluding hydrogens is 218 g/mol. The lowest BCUT2D eigenvalue weighted by Gasteiger charge is -1.84. The van der Waals surface area contributed by atoms with Gasteiger partial charge in [-0.2, -0.15) is 0 Å². The molecule has 86 valence electrons. The third kappa shape index (κ3) is 6.08. The van der Waals surface area contributed by atoms with Gasteiger partial charge >= 0.3 is 11.9 Å². The second-order valence-corrected chi connectivity index (χ2v) is 2.66. The van der Waals surface area contributed by atoms with Gasteiger partial charge in [-0.05, 0) is 6.92 Å². The molecule has 16 heavy (non-hydrogen) atoms. The number of carbonyl (C=O) groups is 4. The lowest BCUT2D eigenvalue weighted by Crippen LogP contribution is -2.21. The van der Waals surface area contributed by atoms with E-state index in [1.54, 1.807) is 6.92 Å². The number of hydrogen-bond acceptors (Lipinski definition) is 4. The summed E-state index contributed by atoms with van der Waals surface area (Å²) in [7, 11) is 0. The summed E-state index contributed by atoms with van der Waals surface area (Å²) >= 11 is 0. The zero-order valence-electron chi connectivity index (χ0n) is 8.26. The predicted molar refractivity (Wildman–Crippen MR) is 51.3 cm³/mol. The normalized spacial score (nSPS) is 13.9. The summed E-state index contributed by atoms with van der Waals surface area (Å²) in [5, 5.41) is 17.7. The Labute approximate surface area is 90.1 Å². The zero-order valence-corrected chi connectivity index (χ0v) is 8.26. The highest BCUT2D eigenvalue weighted by Crippen LogP contribution is 1.97. The molecule has 0 spiro atoms.